The molecule has 33 heavy (non-hydrogen) atoms. The third-order valence-electron chi connectivity index (χ3n) is 5.06. The maximum Gasteiger partial charge on any atom is 0.252 e. The Morgan fingerprint density at radius 2 is 1.67 bits per heavy atom. The molecule has 1 heterocycles. The number of benzene rings is 3. The quantitative estimate of drug-likeness (QED) is 0.250. The van der Waals surface area contributed by atoms with E-state index < -0.39 is 0 Å². The summed E-state index contributed by atoms with van der Waals surface area (Å²) < 4.78 is 5.52. The van der Waals surface area contributed by atoms with Gasteiger partial charge in [-0.15, -0.1) is 11.3 Å². The lowest BCUT2D eigenvalue weighted by molar-refractivity contribution is -0.115. The Balaban J connectivity index is 1.47. The molecule has 0 bridgehead atoms. The standard InChI is InChI=1S/C28H26N2O2S/c1-2-32-25-15-13-22(14-16-25)17-26(23-11-7-4-8-12-23)28(31)29-19-24-20-33-27(30-24)18-21-9-5-3-6-10-21/h3-17,20H,2,18-19H2,1H3,(H,29,31)/b26-17+. The molecule has 1 aromatic heterocycles. The van der Waals surface area contributed by atoms with Crippen LogP contribution in [0, 0.1) is 0 Å². The average molecular weight is 455 g/mol. The number of rotatable bonds is 9. The van der Waals surface area contributed by atoms with Crippen molar-refractivity contribution in [1.82, 2.24) is 10.3 Å². The smallest absolute Gasteiger partial charge is 0.252 e. The highest BCUT2D eigenvalue weighted by molar-refractivity contribution is 7.09. The van der Waals surface area contributed by atoms with Gasteiger partial charge in [0.05, 0.1) is 23.9 Å². The van der Waals surface area contributed by atoms with Gasteiger partial charge in [0.25, 0.3) is 5.91 Å². The maximum absolute atomic E-state index is 13.2. The normalized spacial score (nSPS) is 11.2. The van der Waals surface area contributed by atoms with Crippen molar-refractivity contribution in [3.63, 3.8) is 0 Å². The zero-order chi connectivity index (χ0) is 22.9. The minimum Gasteiger partial charge on any atom is -0.494 e. The Kier molecular flexibility index (Phi) is 7.67. The summed E-state index contributed by atoms with van der Waals surface area (Å²) in [5, 5.41) is 6.09. The molecule has 1 N–H and O–H groups in total. The van der Waals surface area contributed by atoms with Gasteiger partial charge in [0.15, 0.2) is 0 Å². The van der Waals surface area contributed by atoms with Crippen molar-refractivity contribution < 1.29 is 9.53 Å². The average Bonchev–Trinajstić information content (AvgIpc) is 3.30. The molecule has 0 saturated carbocycles. The molecule has 3 aromatic carbocycles. The van der Waals surface area contributed by atoms with Crippen molar-refractivity contribution in [3.8, 4) is 5.75 Å². The van der Waals surface area contributed by atoms with E-state index in [4.69, 9.17) is 9.72 Å². The van der Waals surface area contributed by atoms with Gasteiger partial charge in [0, 0.05) is 17.4 Å². The van der Waals surface area contributed by atoms with Gasteiger partial charge in [-0.1, -0.05) is 72.8 Å². The van der Waals surface area contributed by atoms with E-state index in [9.17, 15) is 4.79 Å². The first kappa shape index (κ1) is 22.5. The zero-order valence-corrected chi connectivity index (χ0v) is 19.3. The van der Waals surface area contributed by atoms with Crippen LogP contribution in [0.15, 0.2) is 90.3 Å². The molecule has 166 valence electrons. The van der Waals surface area contributed by atoms with E-state index in [0.29, 0.717) is 18.7 Å². The number of nitrogens with zero attached hydrogens (tertiary/aromatic N) is 1. The Bertz CT molecular complexity index is 1200. The molecule has 0 aliphatic rings. The summed E-state index contributed by atoms with van der Waals surface area (Å²) in [7, 11) is 0. The first-order valence-corrected chi connectivity index (χ1v) is 11.8. The van der Waals surface area contributed by atoms with E-state index in [2.05, 4.69) is 17.4 Å². The predicted molar refractivity (Wildman–Crippen MR) is 135 cm³/mol. The van der Waals surface area contributed by atoms with E-state index in [1.165, 1.54) is 5.56 Å². The van der Waals surface area contributed by atoms with E-state index in [0.717, 1.165) is 34.0 Å². The van der Waals surface area contributed by atoms with Gasteiger partial charge in [-0.05, 0) is 41.8 Å². The number of carbonyl (C=O) groups excluding carboxylic acids is 1. The molecule has 4 rings (SSSR count). The van der Waals surface area contributed by atoms with Crippen LogP contribution in [0.2, 0.25) is 0 Å². The second-order valence-corrected chi connectivity index (χ2v) is 8.45. The molecule has 1 amide bonds. The Labute approximate surface area is 198 Å². The van der Waals surface area contributed by atoms with E-state index in [1.54, 1.807) is 11.3 Å². The van der Waals surface area contributed by atoms with Gasteiger partial charge in [0.2, 0.25) is 0 Å². The number of amides is 1. The molecule has 0 aliphatic heterocycles. The summed E-state index contributed by atoms with van der Waals surface area (Å²) in [4.78, 5) is 17.9. The third-order valence-corrected chi connectivity index (χ3v) is 5.96. The van der Waals surface area contributed by atoms with Crippen LogP contribution in [0.4, 0.5) is 0 Å². The fourth-order valence-electron chi connectivity index (χ4n) is 3.44. The topological polar surface area (TPSA) is 51.2 Å². The highest BCUT2D eigenvalue weighted by Gasteiger charge is 2.13. The molecule has 0 atom stereocenters. The molecule has 0 radical (unpaired) electrons. The minimum atomic E-state index is -0.132. The highest BCUT2D eigenvalue weighted by atomic mass is 32.1. The Morgan fingerprint density at radius 3 is 2.36 bits per heavy atom. The number of ether oxygens (including phenoxy) is 1. The van der Waals surface area contributed by atoms with Crippen molar-refractivity contribution in [2.24, 2.45) is 0 Å². The molecule has 0 saturated heterocycles. The van der Waals surface area contributed by atoms with Crippen molar-refractivity contribution in [3.05, 3.63) is 118 Å². The van der Waals surface area contributed by atoms with Crippen molar-refractivity contribution in [1.29, 1.82) is 0 Å². The van der Waals surface area contributed by atoms with Crippen molar-refractivity contribution >= 4 is 28.9 Å². The van der Waals surface area contributed by atoms with Gasteiger partial charge in [-0.25, -0.2) is 4.98 Å². The number of aromatic nitrogens is 1. The maximum atomic E-state index is 13.2. The van der Waals surface area contributed by atoms with Crippen LogP contribution in [0.25, 0.3) is 11.6 Å². The molecule has 5 heteroatoms. The lowest BCUT2D eigenvalue weighted by Gasteiger charge is -2.09. The Morgan fingerprint density at radius 1 is 0.970 bits per heavy atom. The van der Waals surface area contributed by atoms with Crippen LogP contribution >= 0.6 is 11.3 Å². The van der Waals surface area contributed by atoms with Crippen LogP contribution in [-0.2, 0) is 17.8 Å². The summed E-state index contributed by atoms with van der Waals surface area (Å²) in [5.41, 5.74) is 4.51. The van der Waals surface area contributed by atoms with Crippen molar-refractivity contribution in [2.75, 3.05) is 6.61 Å². The van der Waals surface area contributed by atoms with Gasteiger partial charge in [-0.3, -0.25) is 4.79 Å². The first-order valence-electron chi connectivity index (χ1n) is 11.0. The van der Waals surface area contributed by atoms with E-state index in [1.807, 2.05) is 91.2 Å². The third kappa shape index (κ3) is 6.40. The molecule has 0 aliphatic carbocycles. The summed E-state index contributed by atoms with van der Waals surface area (Å²) in [6.07, 6.45) is 2.70. The Hall–Kier alpha value is -3.70. The number of hydrogen-bond acceptors (Lipinski definition) is 4. The van der Waals surface area contributed by atoms with Gasteiger partial charge in [0.1, 0.15) is 5.75 Å². The van der Waals surface area contributed by atoms with Crippen molar-refractivity contribution in [2.45, 2.75) is 19.9 Å². The number of nitrogens with one attached hydrogen (secondary N) is 1. The SMILES string of the molecule is CCOc1ccc(/C=C(/C(=O)NCc2csc(Cc3ccccc3)n2)c2ccccc2)cc1. The summed E-state index contributed by atoms with van der Waals surface area (Å²) in [6.45, 7) is 2.97. The molecule has 4 aromatic rings. The molecule has 0 unspecified atom stereocenters. The van der Waals surface area contributed by atoms with Crippen LogP contribution in [0.3, 0.4) is 0 Å². The number of hydrogen-bond donors (Lipinski definition) is 1. The fourth-order valence-corrected chi connectivity index (χ4v) is 4.27. The second-order valence-electron chi connectivity index (χ2n) is 7.50. The molecular formula is C28H26N2O2S. The van der Waals surface area contributed by atoms with E-state index >= 15 is 0 Å². The summed E-state index contributed by atoms with van der Waals surface area (Å²) in [6, 6.07) is 27.7. The largest absolute Gasteiger partial charge is 0.494 e. The molecule has 4 nitrogen and oxygen atoms in total. The molecular weight excluding hydrogens is 428 g/mol. The highest BCUT2D eigenvalue weighted by Crippen LogP contribution is 2.21. The van der Waals surface area contributed by atoms with E-state index in [-0.39, 0.29) is 5.91 Å². The van der Waals surface area contributed by atoms with Gasteiger partial charge < -0.3 is 10.1 Å². The monoisotopic (exact) mass is 454 g/mol. The van der Waals surface area contributed by atoms with Crippen LogP contribution in [0.1, 0.15) is 34.3 Å². The van der Waals surface area contributed by atoms with Gasteiger partial charge in [-0.2, -0.15) is 0 Å². The molecule has 0 fully saturated rings. The predicted octanol–water partition coefficient (Wildman–Crippen LogP) is 5.99. The van der Waals surface area contributed by atoms with Gasteiger partial charge >= 0.3 is 0 Å². The lowest BCUT2D eigenvalue weighted by Crippen LogP contribution is -2.24. The molecule has 0 spiro atoms. The van der Waals surface area contributed by atoms with Crippen LogP contribution in [-0.4, -0.2) is 17.5 Å². The zero-order valence-electron chi connectivity index (χ0n) is 18.5. The summed E-state index contributed by atoms with van der Waals surface area (Å²) >= 11 is 1.62. The van der Waals surface area contributed by atoms with Crippen LogP contribution in [0.5, 0.6) is 5.75 Å². The number of carbonyl (C=O) groups is 1. The van der Waals surface area contributed by atoms with Crippen LogP contribution < -0.4 is 10.1 Å². The lowest BCUT2D eigenvalue weighted by atomic mass is 10.0. The minimum absolute atomic E-state index is 0.132. The first-order chi connectivity index (χ1) is 16.2. The fraction of sp³-hybridized carbons (Fsp3) is 0.143. The number of thiazole rings is 1. The second kappa shape index (κ2) is 11.2. The summed E-state index contributed by atoms with van der Waals surface area (Å²) in [5.74, 6) is 0.683.